The van der Waals surface area contributed by atoms with Gasteiger partial charge in [0.15, 0.2) is 0 Å². The molecular formula is C6H5AlO+2. The van der Waals surface area contributed by atoms with Crippen molar-refractivity contribution in [2.75, 3.05) is 0 Å². The van der Waals surface area contributed by atoms with E-state index in [1.165, 1.54) is 12.1 Å². The van der Waals surface area contributed by atoms with Gasteiger partial charge in [0.05, 0.1) is 0 Å². The Morgan fingerprint density at radius 2 is 1.50 bits per heavy atom. The van der Waals surface area contributed by atoms with Crippen molar-refractivity contribution in [3.05, 3.63) is 30.3 Å². The zero-order valence-corrected chi connectivity index (χ0v) is 5.53. The molecule has 0 spiro atoms. The first-order valence-electron chi connectivity index (χ1n) is 2.11. The third-order valence-electron chi connectivity index (χ3n) is 0.743. The van der Waals surface area contributed by atoms with Gasteiger partial charge in [0.25, 0.3) is 0 Å². The zero-order chi connectivity index (χ0) is 5.11. The van der Waals surface area contributed by atoms with Gasteiger partial charge in [0.1, 0.15) is 0 Å². The van der Waals surface area contributed by atoms with Gasteiger partial charge in [0.2, 0.25) is 0 Å². The monoisotopic (exact) mass is 120 g/mol. The van der Waals surface area contributed by atoms with Crippen LogP contribution in [-0.2, 0) is 0 Å². The minimum atomic E-state index is 0. The Bertz CT molecular complexity index is 138. The van der Waals surface area contributed by atoms with Gasteiger partial charge in [-0.1, -0.05) is 30.3 Å². The van der Waals surface area contributed by atoms with Gasteiger partial charge in [-0.25, -0.2) is 0 Å². The Balaban J connectivity index is 0.000000490. The van der Waals surface area contributed by atoms with Crippen molar-refractivity contribution in [3.8, 4) is 5.75 Å². The summed E-state index contributed by atoms with van der Waals surface area (Å²) in [6, 6.07) is 8.33. The van der Waals surface area contributed by atoms with Crippen LogP contribution in [-0.4, -0.2) is 17.4 Å². The van der Waals surface area contributed by atoms with Crippen LogP contribution in [0.15, 0.2) is 30.3 Å². The predicted octanol–water partition coefficient (Wildman–Crippen LogP) is 0.379. The second-order valence-corrected chi connectivity index (χ2v) is 1.31. The Labute approximate surface area is 59.1 Å². The summed E-state index contributed by atoms with van der Waals surface area (Å²) in [6.45, 7) is 0. The van der Waals surface area contributed by atoms with Crippen molar-refractivity contribution in [2.24, 2.45) is 0 Å². The largest absolute Gasteiger partial charge is 3.00 e. The van der Waals surface area contributed by atoms with Crippen molar-refractivity contribution < 1.29 is 5.11 Å². The van der Waals surface area contributed by atoms with E-state index >= 15 is 0 Å². The van der Waals surface area contributed by atoms with Gasteiger partial charge in [-0.3, -0.25) is 0 Å². The molecule has 1 nitrogen and oxygen atoms in total. The molecule has 0 fully saturated rings. The number of hydrogen-bond acceptors (Lipinski definition) is 1. The molecule has 36 valence electrons. The molecule has 0 saturated heterocycles. The zero-order valence-electron chi connectivity index (χ0n) is 4.37. The van der Waals surface area contributed by atoms with Crippen LogP contribution in [0.25, 0.3) is 0 Å². The summed E-state index contributed by atoms with van der Waals surface area (Å²) in [5.74, 6) is 0.0718. The number of para-hydroxylation sites is 1. The summed E-state index contributed by atoms with van der Waals surface area (Å²) in [5, 5.41) is 10.3. The third kappa shape index (κ3) is 2.02. The van der Waals surface area contributed by atoms with Crippen molar-refractivity contribution in [2.45, 2.75) is 0 Å². The standard InChI is InChI=1S/C6H6O.Al/c7-6-4-2-1-3-5-6;/h1-5,7H;/q;+3/p-1. The first-order chi connectivity index (χ1) is 3.39. The fourth-order valence-corrected chi connectivity index (χ4v) is 0.420. The van der Waals surface area contributed by atoms with Crippen molar-refractivity contribution in [3.63, 3.8) is 0 Å². The van der Waals surface area contributed by atoms with E-state index in [1.54, 1.807) is 12.1 Å². The van der Waals surface area contributed by atoms with E-state index in [-0.39, 0.29) is 23.1 Å². The molecule has 0 radical (unpaired) electrons. The van der Waals surface area contributed by atoms with Crippen LogP contribution in [0.4, 0.5) is 0 Å². The van der Waals surface area contributed by atoms with Gasteiger partial charge in [-0.05, 0) is 0 Å². The van der Waals surface area contributed by atoms with Crippen LogP contribution >= 0.6 is 0 Å². The molecule has 1 aromatic rings. The Morgan fingerprint density at radius 1 is 1.00 bits per heavy atom. The quantitative estimate of drug-likeness (QED) is 0.454. The van der Waals surface area contributed by atoms with E-state index in [0.29, 0.717) is 0 Å². The first-order valence-corrected chi connectivity index (χ1v) is 2.11. The van der Waals surface area contributed by atoms with E-state index in [0.717, 1.165) is 0 Å². The van der Waals surface area contributed by atoms with Gasteiger partial charge in [-0.15, -0.1) is 5.75 Å². The van der Waals surface area contributed by atoms with Gasteiger partial charge in [0, 0.05) is 0 Å². The van der Waals surface area contributed by atoms with E-state index < -0.39 is 0 Å². The fourth-order valence-electron chi connectivity index (χ4n) is 0.420. The minimum Gasteiger partial charge on any atom is -0.872 e. The maximum Gasteiger partial charge on any atom is 3.00 e. The van der Waals surface area contributed by atoms with E-state index in [2.05, 4.69) is 0 Å². The average molecular weight is 120 g/mol. The molecule has 0 N–H and O–H groups in total. The molecule has 2 heteroatoms. The smallest absolute Gasteiger partial charge is 0.872 e. The van der Waals surface area contributed by atoms with Crippen LogP contribution in [0, 0.1) is 0 Å². The van der Waals surface area contributed by atoms with Crippen LogP contribution in [0.5, 0.6) is 5.75 Å². The predicted molar refractivity (Wildman–Crippen MR) is 31.6 cm³/mol. The third-order valence-corrected chi connectivity index (χ3v) is 0.743. The second kappa shape index (κ2) is 3.54. The molecule has 0 bridgehead atoms. The van der Waals surface area contributed by atoms with E-state index in [4.69, 9.17) is 0 Å². The molecule has 0 amide bonds. The molecule has 0 aliphatic rings. The molecule has 1 aromatic carbocycles. The van der Waals surface area contributed by atoms with Crippen LogP contribution in [0.3, 0.4) is 0 Å². The Morgan fingerprint density at radius 3 is 1.75 bits per heavy atom. The SMILES string of the molecule is [Al+3].[O-]c1ccccc1. The summed E-state index contributed by atoms with van der Waals surface area (Å²) in [6.07, 6.45) is 0. The molecule has 0 aliphatic heterocycles. The minimum absolute atomic E-state index is 0. The van der Waals surface area contributed by atoms with Crippen molar-refractivity contribution >= 4 is 17.4 Å². The molecule has 0 heterocycles. The molecule has 8 heavy (non-hydrogen) atoms. The molecule has 0 saturated carbocycles. The number of hydrogen-bond donors (Lipinski definition) is 0. The van der Waals surface area contributed by atoms with Gasteiger partial charge in [-0.2, -0.15) is 0 Å². The molecule has 0 aliphatic carbocycles. The van der Waals surface area contributed by atoms with Crippen LogP contribution in [0.1, 0.15) is 0 Å². The number of rotatable bonds is 0. The molecule has 0 unspecified atom stereocenters. The average Bonchev–Trinajstić information content (AvgIpc) is 1.69. The van der Waals surface area contributed by atoms with E-state index in [9.17, 15) is 5.11 Å². The normalized spacial score (nSPS) is 7.50. The van der Waals surface area contributed by atoms with Crippen LogP contribution in [0.2, 0.25) is 0 Å². The maximum atomic E-state index is 10.3. The summed E-state index contributed by atoms with van der Waals surface area (Å²) in [5.41, 5.74) is 0. The Hall–Kier alpha value is -0.448. The molecule has 1 rings (SSSR count). The first kappa shape index (κ1) is 7.55. The fraction of sp³-hybridized carbons (Fsp3) is 0. The van der Waals surface area contributed by atoms with E-state index in [1.807, 2.05) is 6.07 Å². The molecular weight excluding hydrogens is 115 g/mol. The van der Waals surface area contributed by atoms with Crippen molar-refractivity contribution in [1.82, 2.24) is 0 Å². The molecule has 0 aromatic heterocycles. The molecule has 0 atom stereocenters. The summed E-state index contributed by atoms with van der Waals surface area (Å²) >= 11 is 0. The maximum absolute atomic E-state index is 10.3. The Kier molecular flexibility index (Phi) is 3.34. The van der Waals surface area contributed by atoms with Crippen molar-refractivity contribution in [1.29, 1.82) is 0 Å². The van der Waals surface area contributed by atoms with Crippen LogP contribution < -0.4 is 5.11 Å². The summed E-state index contributed by atoms with van der Waals surface area (Å²) < 4.78 is 0. The topological polar surface area (TPSA) is 23.1 Å². The summed E-state index contributed by atoms with van der Waals surface area (Å²) in [4.78, 5) is 0. The van der Waals surface area contributed by atoms with Gasteiger partial charge < -0.3 is 5.11 Å². The van der Waals surface area contributed by atoms with Gasteiger partial charge >= 0.3 is 17.4 Å². The summed E-state index contributed by atoms with van der Waals surface area (Å²) in [7, 11) is 0. The second-order valence-electron chi connectivity index (χ2n) is 1.31. The number of benzene rings is 1.